The molecule has 2 aromatic heterocycles. The first-order valence-corrected chi connectivity index (χ1v) is 5.95. The fourth-order valence-corrected chi connectivity index (χ4v) is 2.19. The predicted octanol–water partition coefficient (Wildman–Crippen LogP) is 2.67. The Labute approximate surface area is 113 Å². The van der Waals surface area contributed by atoms with Crippen molar-refractivity contribution in [3.63, 3.8) is 0 Å². The number of aromatic nitrogens is 1. The van der Waals surface area contributed by atoms with Gasteiger partial charge in [0.15, 0.2) is 17.1 Å². The van der Waals surface area contributed by atoms with Gasteiger partial charge >= 0.3 is 6.03 Å². The van der Waals surface area contributed by atoms with Crippen molar-refractivity contribution in [2.24, 2.45) is 5.73 Å². The number of hydrogen-bond acceptors (Lipinski definition) is 4. The van der Waals surface area contributed by atoms with Crippen LogP contribution in [-0.4, -0.2) is 16.8 Å². The molecule has 0 unspecified atom stereocenters. The van der Waals surface area contributed by atoms with E-state index in [1.165, 1.54) is 6.92 Å². The number of rotatable bonds is 2. The van der Waals surface area contributed by atoms with Crippen molar-refractivity contribution in [2.45, 2.75) is 6.92 Å². The molecule has 3 rings (SSSR count). The van der Waals surface area contributed by atoms with Crippen molar-refractivity contribution in [1.82, 2.24) is 4.98 Å². The first kappa shape index (κ1) is 12.2. The van der Waals surface area contributed by atoms with Gasteiger partial charge in [-0.05, 0) is 12.1 Å². The summed E-state index contributed by atoms with van der Waals surface area (Å²) in [5, 5.41) is 3.92. The molecular weight excluding hydrogens is 258 g/mol. The molecule has 1 aromatic carbocycles. The first-order valence-electron chi connectivity index (χ1n) is 5.95. The molecule has 2 heterocycles. The van der Waals surface area contributed by atoms with Crippen LogP contribution in [-0.2, 0) is 0 Å². The van der Waals surface area contributed by atoms with Crippen molar-refractivity contribution in [1.29, 1.82) is 0 Å². The Bertz CT molecular complexity index is 851. The highest BCUT2D eigenvalue weighted by atomic mass is 16.3. The first-order chi connectivity index (χ1) is 9.58. The maximum absolute atomic E-state index is 11.6. The number of Topliss-reactive ketones (excluding diaryl/α,β-unsaturated/α-hetero) is 1. The minimum absolute atomic E-state index is 0.0666. The zero-order valence-electron chi connectivity index (χ0n) is 10.6. The van der Waals surface area contributed by atoms with E-state index in [0.717, 1.165) is 5.39 Å². The Morgan fingerprint density at radius 3 is 2.80 bits per heavy atom. The van der Waals surface area contributed by atoms with Crippen molar-refractivity contribution in [3.05, 3.63) is 36.2 Å². The van der Waals surface area contributed by atoms with Gasteiger partial charge < -0.3 is 15.5 Å². The van der Waals surface area contributed by atoms with Crippen LogP contribution < -0.4 is 11.1 Å². The van der Waals surface area contributed by atoms with E-state index in [2.05, 4.69) is 10.3 Å². The topological polar surface area (TPSA) is 98.2 Å². The summed E-state index contributed by atoms with van der Waals surface area (Å²) in [6, 6.07) is 6.55. The predicted molar refractivity (Wildman–Crippen MR) is 74.7 cm³/mol. The van der Waals surface area contributed by atoms with Gasteiger partial charge in [-0.25, -0.2) is 4.79 Å². The molecule has 0 fully saturated rings. The summed E-state index contributed by atoms with van der Waals surface area (Å²) in [7, 11) is 0. The largest absolute Gasteiger partial charge is 0.448 e. The number of anilines is 1. The lowest BCUT2D eigenvalue weighted by Gasteiger charge is -2.00. The number of urea groups is 1. The third kappa shape index (κ3) is 1.78. The fraction of sp³-hybridized carbons (Fsp3) is 0.0714. The number of carbonyl (C=O) groups is 2. The molecule has 6 heteroatoms. The van der Waals surface area contributed by atoms with Crippen LogP contribution in [0.15, 0.2) is 34.9 Å². The number of pyridine rings is 1. The third-order valence-corrected chi connectivity index (χ3v) is 3.00. The number of benzene rings is 1. The molecule has 100 valence electrons. The van der Waals surface area contributed by atoms with Gasteiger partial charge in [0.2, 0.25) is 0 Å². The Hall–Kier alpha value is -2.89. The quantitative estimate of drug-likeness (QED) is 0.698. The van der Waals surface area contributed by atoms with Gasteiger partial charge in [0.1, 0.15) is 11.2 Å². The molecule has 0 radical (unpaired) electrons. The van der Waals surface area contributed by atoms with E-state index in [1.54, 1.807) is 12.3 Å². The fourth-order valence-electron chi connectivity index (χ4n) is 2.19. The number of hydrogen-bond donors (Lipinski definition) is 2. The summed E-state index contributed by atoms with van der Waals surface area (Å²) in [6.45, 7) is 1.36. The van der Waals surface area contributed by atoms with Crippen molar-refractivity contribution >= 4 is 39.4 Å². The number of carbonyl (C=O) groups excluding carboxylic acids is 2. The van der Waals surface area contributed by atoms with E-state index in [0.29, 0.717) is 16.5 Å². The standard InChI is InChI=1S/C14H11N3O3/c1-7(18)12-11(17-14(15)19)9-5-4-8-3-2-6-16-10(8)13(9)20-12/h2-6H,1H3,(H3,15,17,19). The lowest BCUT2D eigenvalue weighted by molar-refractivity contribution is 0.0990. The van der Waals surface area contributed by atoms with Crippen LogP contribution >= 0.6 is 0 Å². The lowest BCUT2D eigenvalue weighted by atomic mass is 10.1. The lowest BCUT2D eigenvalue weighted by Crippen LogP contribution is -2.20. The third-order valence-electron chi connectivity index (χ3n) is 3.00. The highest BCUT2D eigenvalue weighted by molar-refractivity contribution is 6.15. The molecule has 0 spiro atoms. The van der Waals surface area contributed by atoms with Gasteiger partial charge in [0.25, 0.3) is 0 Å². The van der Waals surface area contributed by atoms with Crippen LogP contribution in [0.4, 0.5) is 10.5 Å². The Morgan fingerprint density at radius 2 is 2.10 bits per heavy atom. The number of amides is 2. The molecule has 0 saturated carbocycles. The molecule has 2 amide bonds. The van der Waals surface area contributed by atoms with E-state index in [1.807, 2.05) is 18.2 Å². The molecule has 6 nitrogen and oxygen atoms in total. The molecule has 20 heavy (non-hydrogen) atoms. The normalized spacial score (nSPS) is 10.8. The second kappa shape index (κ2) is 4.34. The maximum Gasteiger partial charge on any atom is 0.316 e. The number of furan rings is 1. The van der Waals surface area contributed by atoms with Crippen LogP contribution in [0.1, 0.15) is 17.5 Å². The zero-order valence-corrected chi connectivity index (χ0v) is 10.6. The number of fused-ring (bicyclic) bond motifs is 3. The van der Waals surface area contributed by atoms with Crippen molar-refractivity contribution in [3.8, 4) is 0 Å². The van der Waals surface area contributed by atoms with E-state index < -0.39 is 6.03 Å². The van der Waals surface area contributed by atoms with Crippen LogP contribution in [0.3, 0.4) is 0 Å². The van der Waals surface area contributed by atoms with Crippen LogP contribution in [0, 0.1) is 0 Å². The van der Waals surface area contributed by atoms with Crippen LogP contribution in [0.25, 0.3) is 21.9 Å². The van der Waals surface area contributed by atoms with E-state index >= 15 is 0 Å². The molecule has 3 aromatic rings. The Morgan fingerprint density at radius 1 is 1.30 bits per heavy atom. The van der Waals surface area contributed by atoms with Crippen LogP contribution in [0.5, 0.6) is 0 Å². The van der Waals surface area contributed by atoms with Gasteiger partial charge in [0.05, 0.1) is 0 Å². The van der Waals surface area contributed by atoms with Gasteiger partial charge in [0, 0.05) is 23.9 Å². The van der Waals surface area contributed by atoms with Crippen molar-refractivity contribution in [2.75, 3.05) is 5.32 Å². The molecule has 0 atom stereocenters. The second-order valence-corrected chi connectivity index (χ2v) is 4.37. The minimum atomic E-state index is -0.753. The second-order valence-electron chi connectivity index (χ2n) is 4.37. The SMILES string of the molecule is CC(=O)c1oc2c(ccc3cccnc32)c1NC(N)=O. The number of nitrogens with one attached hydrogen (secondary N) is 1. The average molecular weight is 269 g/mol. The summed E-state index contributed by atoms with van der Waals surface area (Å²) >= 11 is 0. The summed E-state index contributed by atoms with van der Waals surface area (Å²) in [5.74, 6) is -0.231. The summed E-state index contributed by atoms with van der Waals surface area (Å²) in [6.07, 6.45) is 1.64. The number of nitrogens with zero attached hydrogens (tertiary/aromatic N) is 1. The minimum Gasteiger partial charge on any atom is -0.448 e. The highest BCUT2D eigenvalue weighted by Gasteiger charge is 2.20. The van der Waals surface area contributed by atoms with Crippen molar-refractivity contribution < 1.29 is 14.0 Å². The van der Waals surface area contributed by atoms with Gasteiger partial charge in [-0.3, -0.25) is 9.78 Å². The van der Waals surface area contributed by atoms with E-state index in [9.17, 15) is 9.59 Å². The molecule has 0 aliphatic heterocycles. The summed E-state index contributed by atoms with van der Waals surface area (Å²) in [4.78, 5) is 27.0. The van der Waals surface area contributed by atoms with Gasteiger partial charge in [-0.15, -0.1) is 0 Å². The summed E-state index contributed by atoms with van der Waals surface area (Å²) in [5.41, 5.74) is 6.51. The highest BCUT2D eigenvalue weighted by Crippen LogP contribution is 2.35. The smallest absolute Gasteiger partial charge is 0.316 e. The monoisotopic (exact) mass is 269 g/mol. The zero-order chi connectivity index (χ0) is 14.3. The molecule has 3 N–H and O–H groups in total. The van der Waals surface area contributed by atoms with Gasteiger partial charge in [-0.2, -0.15) is 0 Å². The van der Waals surface area contributed by atoms with E-state index in [-0.39, 0.29) is 17.2 Å². The average Bonchev–Trinajstić information content (AvgIpc) is 2.77. The van der Waals surface area contributed by atoms with Crippen LogP contribution in [0.2, 0.25) is 0 Å². The Balaban J connectivity index is 2.40. The Kier molecular flexibility index (Phi) is 2.64. The number of primary amides is 1. The molecule has 0 aliphatic carbocycles. The van der Waals surface area contributed by atoms with Gasteiger partial charge in [-0.1, -0.05) is 12.1 Å². The van der Waals surface area contributed by atoms with E-state index in [4.69, 9.17) is 10.2 Å². The number of ketones is 1. The molecular formula is C14H11N3O3. The number of nitrogens with two attached hydrogens (primary N) is 1. The molecule has 0 bridgehead atoms. The molecule has 0 saturated heterocycles. The molecule has 0 aliphatic rings. The summed E-state index contributed by atoms with van der Waals surface area (Å²) < 4.78 is 5.59. The maximum atomic E-state index is 11.6.